The molecule has 2 rings (SSSR count). The van der Waals surface area contributed by atoms with Gasteiger partial charge < -0.3 is 11.1 Å². The van der Waals surface area contributed by atoms with Crippen molar-refractivity contribution in [2.75, 3.05) is 5.73 Å². The van der Waals surface area contributed by atoms with Gasteiger partial charge in [-0.3, -0.25) is 9.78 Å². The number of anilines is 1. The fourth-order valence-electron chi connectivity index (χ4n) is 1.38. The molecule has 0 bridgehead atoms. The van der Waals surface area contributed by atoms with Gasteiger partial charge in [0.1, 0.15) is 5.69 Å². The van der Waals surface area contributed by atoms with Crippen LogP contribution in [0.5, 0.6) is 0 Å². The number of nitrogens with zero attached hydrogens (tertiary/aromatic N) is 2. The van der Waals surface area contributed by atoms with Crippen molar-refractivity contribution in [2.45, 2.75) is 6.54 Å². The van der Waals surface area contributed by atoms with E-state index in [1.54, 1.807) is 6.07 Å². The third-order valence-electron chi connectivity index (χ3n) is 2.29. The van der Waals surface area contributed by atoms with Crippen LogP contribution in [0.4, 0.5) is 5.69 Å². The van der Waals surface area contributed by atoms with Gasteiger partial charge in [0.25, 0.3) is 5.91 Å². The van der Waals surface area contributed by atoms with Gasteiger partial charge in [-0.2, -0.15) is 0 Å². The Bertz CT molecular complexity index is 513. The highest BCUT2D eigenvalue weighted by Crippen LogP contribution is 2.09. The van der Waals surface area contributed by atoms with Crippen LogP contribution in [0.15, 0.2) is 42.9 Å². The van der Waals surface area contributed by atoms with Crippen LogP contribution in [0.25, 0.3) is 0 Å². The molecule has 2 aromatic rings. The van der Waals surface area contributed by atoms with Crippen molar-refractivity contribution in [3.05, 3.63) is 54.1 Å². The summed E-state index contributed by atoms with van der Waals surface area (Å²) in [6.07, 6.45) is 4.42. The van der Waals surface area contributed by atoms with Gasteiger partial charge in [0.15, 0.2) is 0 Å². The van der Waals surface area contributed by atoms with Crippen molar-refractivity contribution in [1.82, 2.24) is 15.3 Å². The monoisotopic (exact) mass is 228 g/mol. The molecule has 1 amide bonds. The van der Waals surface area contributed by atoms with Crippen molar-refractivity contribution in [2.24, 2.45) is 0 Å². The van der Waals surface area contributed by atoms with Gasteiger partial charge in [0.05, 0.1) is 6.20 Å². The number of nitrogens with one attached hydrogen (secondary N) is 1. The predicted octanol–water partition coefficient (Wildman–Crippen LogP) is 0.989. The minimum Gasteiger partial charge on any atom is -0.398 e. The number of carbonyl (C=O) groups excluding carboxylic acids is 1. The van der Waals surface area contributed by atoms with E-state index in [0.717, 1.165) is 5.56 Å². The largest absolute Gasteiger partial charge is 0.398 e. The summed E-state index contributed by atoms with van der Waals surface area (Å²) in [7, 11) is 0. The second kappa shape index (κ2) is 5.07. The van der Waals surface area contributed by atoms with E-state index in [2.05, 4.69) is 15.3 Å². The Balaban J connectivity index is 2.00. The first-order chi connectivity index (χ1) is 8.27. The summed E-state index contributed by atoms with van der Waals surface area (Å²) >= 11 is 0. The highest BCUT2D eigenvalue weighted by atomic mass is 16.1. The van der Waals surface area contributed by atoms with E-state index in [4.69, 9.17) is 5.73 Å². The van der Waals surface area contributed by atoms with Crippen molar-refractivity contribution < 1.29 is 4.79 Å². The lowest BCUT2D eigenvalue weighted by Gasteiger charge is -2.06. The highest BCUT2D eigenvalue weighted by molar-refractivity contribution is 5.91. The first-order valence-electron chi connectivity index (χ1n) is 5.15. The van der Waals surface area contributed by atoms with Gasteiger partial charge in [-0.15, -0.1) is 0 Å². The van der Waals surface area contributed by atoms with Crippen molar-refractivity contribution >= 4 is 11.6 Å². The lowest BCUT2D eigenvalue weighted by molar-refractivity contribution is 0.0945. The van der Waals surface area contributed by atoms with E-state index in [-0.39, 0.29) is 5.91 Å². The van der Waals surface area contributed by atoms with Gasteiger partial charge in [-0.1, -0.05) is 18.2 Å². The summed E-state index contributed by atoms with van der Waals surface area (Å²) in [4.78, 5) is 19.4. The van der Waals surface area contributed by atoms with E-state index in [0.29, 0.717) is 17.9 Å². The minimum absolute atomic E-state index is 0.263. The summed E-state index contributed by atoms with van der Waals surface area (Å²) in [5.74, 6) is -0.263. The smallest absolute Gasteiger partial charge is 0.271 e. The average Bonchev–Trinajstić information content (AvgIpc) is 2.38. The molecule has 17 heavy (non-hydrogen) atoms. The van der Waals surface area contributed by atoms with Gasteiger partial charge >= 0.3 is 0 Å². The molecule has 5 heteroatoms. The average molecular weight is 228 g/mol. The number of aromatic nitrogens is 2. The summed E-state index contributed by atoms with van der Waals surface area (Å²) < 4.78 is 0. The molecule has 0 unspecified atom stereocenters. The number of para-hydroxylation sites is 1. The van der Waals surface area contributed by atoms with Crippen LogP contribution in [0.2, 0.25) is 0 Å². The maximum absolute atomic E-state index is 11.7. The Kier molecular flexibility index (Phi) is 3.30. The zero-order chi connectivity index (χ0) is 12.1. The van der Waals surface area contributed by atoms with Gasteiger partial charge in [0.2, 0.25) is 0 Å². The van der Waals surface area contributed by atoms with E-state index in [1.165, 1.54) is 18.6 Å². The Morgan fingerprint density at radius 1 is 1.29 bits per heavy atom. The molecule has 5 nitrogen and oxygen atoms in total. The molecular weight excluding hydrogens is 216 g/mol. The number of nitrogen functional groups attached to an aromatic ring is 1. The molecule has 0 spiro atoms. The number of rotatable bonds is 3. The standard InChI is InChI=1S/C12H12N4O/c13-10-4-2-1-3-9(10)7-16-12(17)11-8-14-5-6-15-11/h1-6,8H,7,13H2,(H,16,17). The molecule has 0 atom stereocenters. The second-order valence-electron chi connectivity index (χ2n) is 3.47. The summed E-state index contributed by atoms with van der Waals surface area (Å²) in [5.41, 5.74) is 7.60. The van der Waals surface area contributed by atoms with Gasteiger partial charge in [-0.05, 0) is 11.6 Å². The Morgan fingerprint density at radius 2 is 2.12 bits per heavy atom. The topological polar surface area (TPSA) is 80.9 Å². The molecule has 0 radical (unpaired) electrons. The SMILES string of the molecule is Nc1ccccc1CNC(=O)c1cnccn1. The van der Waals surface area contributed by atoms with Crippen LogP contribution < -0.4 is 11.1 Å². The molecular formula is C12H12N4O. The fourth-order valence-corrected chi connectivity index (χ4v) is 1.38. The van der Waals surface area contributed by atoms with Crippen LogP contribution in [-0.2, 0) is 6.54 Å². The minimum atomic E-state index is -0.263. The van der Waals surface area contributed by atoms with E-state index < -0.39 is 0 Å². The maximum atomic E-state index is 11.7. The first kappa shape index (κ1) is 11.1. The number of amides is 1. The summed E-state index contributed by atoms with van der Waals surface area (Å²) in [5, 5.41) is 2.73. The molecule has 0 saturated heterocycles. The summed E-state index contributed by atoms with van der Waals surface area (Å²) in [6, 6.07) is 7.39. The number of carbonyl (C=O) groups is 1. The maximum Gasteiger partial charge on any atom is 0.271 e. The third kappa shape index (κ3) is 2.78. The third-order valence-corrected chi connectivity index (χ3v) is 2.29. The van der Waals surface area contributed by atoms with Gasteiger partial charge in [0, 0.05) is 24.6 Å². The quantitative estimate of drug-likeness (QED) is 0.767. The van der Waals surface area contributed by atoms with Crippen LogP contribution in [0, 0.1) is 0 Å². The number of hydrogen-bond acceptors (Lipinski definition) is 4. The lowest BCUT2D eigenvalue weighted by Crippen LogP contribution is -2.24. The van der Waals surface area contributed by atoms with E-state index in [1.807, 2.05) is 18.2 Å². The van der Waals surface area contributed by atoms with E-state index in [9.17, 15) is 4.79 Å². The Labute approximate surface area is 98.7 Å². The molecule has 1 aromatic heterocycles. The number of benzene rings is 1. The van der Waals surface area contributed by atoms with Crippen molar-refractivity contribution in [3.8, 4) is 0 Å². The zero-order valence-electron chi connectivity index (χ0n) is 9.13. The van der Waals surface area contributed by atoms with Gasteiger partial charge in [-0.25, -0.2) is 4.98 Å². The number of hydrogen-bond donors (Lipinski definition) is 2. The molecule has 0 aliphatic rings. The molecule has 0 aliphatic heterocycles. The normalized spacial score (nSPS) is 9.88. The molecule has 3 N–H and O–H groups in total. The lowest BCUT2D eigenvalue weighted by atomic mass is 10.2. The molecule has 0 saturated carbocycles. The van der Waals surface area contributed by atoms with Crippen molar-refractivity contribution in [3.63, 3.8) is 0 Å². The molecule has 0 aliphatic carbocycles. The summed E-state index contributed by atoms with van der Waals surface area (Å²) in [6.45, 7) is 0.377. The Hall–Kier alpha value is -2.43. The highest BCUT2D eigenvalue weighted by Gasteiger charge is 2.06. The first-order valence-corrected chi connectivity index (χ1v) is 5.15. The molecule has 1 aromatic carbocycles. The van der Waals surface area contributed by atoms with Crippen LogP contribution in [0.3, 0.4) is 0 Å². The van der Waals surface area contributed by atoms with Crippen LogP contribution in [-0.4, -0.2) is 15.9 Å². The second-order valence-corrected chi connectivity index (χ2v) is 3.47. The molecule has 0 fully saturated rings. The van der Waals surface area contributed by atoms with Crippen LogP contribution in [0.1, 0.15) is 16.1 Å². The zero-order valence-corrected chi connectivity index (χ0v) is 9.13. The molecule has 1 heterocycles. The van der Waals surface area contributed by atoms with Crippen LogP contribution >= 0.6 is 0 Å². The van der Waals surface area contributed by atoms with Crippen molar-refractivity contribution in [1.29, 1.82) is 0 Å². The van der Waals surface area contributed by atoms with E-state index >= 15 is 0 Å². The molecule has 86 valence electrons. The predicted molar refractivity (Wildman–Crippen MR) is 64.1 cm³/mol. The fraction of sp³-hybridized carbons (Fsp3) is 0.0833. The Morgan fingerprint density at radius 3 is 2.82 bits per heavy atom. The number of nitrogens with two attached hydrogens (primary N) is 1.